The molecule has 0 aliphatic carbocycles. The number of benzene rings is 1. The second-order valence-corrected chi connectivity index (χ2v) is 5.06. The van der Waals surface area contributed by atoms with Gasteiger partial charge in [-0.2, -0.15) is 0 Å². The Balaban J connectivity index is 0.000000567. The molecular formula is C17H26O4. The molecule has 0 radical (unpaired) electrons. The molecule has 0 aromatic heterocycles. The summed E-state index contributed by atoms with van der Waals surface area (Å²) >= 11 is 0. The molecule has 0 fully saturated rings. The summed E-state index contributed by atoms with van der Waals surface area (Å²) in [6.07, 6.45) is 4.51. The Kier molecular flexibility index (Phi) is 10.9. The minimum Gasteiger partial charge on any atom is -0.481 e. The van der Waals surface area contributed by atoms with Gasteiger partial charge in [0.15, 0.2) is 0 Å². The van der Waals surface area contributed by atoms with Gasteiger partial charge in [0, 0.05) is 0 Å². The van der Waals surface area contributed by atoms with Crippen LogP contribution in [0.5, 0.6) is 0 Å². The fraction of sp³-hybridized carbons (Fsp3) is 0.529. The molecule has 1 aromatic rings. The van der Waals surface area contributed by atoms with E-state index in [4.69, 9.17) is 9.84 Å². The molecule has 0 aliphatic rings. The number of esters is 1. The van der Waals surface area contributed by atoms with E-state index < -0.39 is 5.97 Å². The molecule has 0 heterocycles. The van der Waals surface area contributed by atoms with Gasteiger partial charge in [-0.15, -0.1) is 0 Å². The largest absolute Gasteiger partial charge is 0.481 e. The van der Waals surface area contributed by atoms with Gasteiger partial charge in [-0.1, -0.05) is 58.2 Å². The van der Waals surface area contributed by atoms with Crippen molar-refractivity contribution in [1.82, 2.24) is 0 Å². The summed E-state index contributed by atoms with van der Waals surface area (Å²) in [6.45, 7) is 5.98. The molecule has 0 aliphatic heterocycles. The van der Waals surface area contributed by atoms with Gasteiger partial charge >= 0.3 is 11.9 Å². The summed E-state index contributed by atoms with van der Waals surface area (Å²) in [5, 5.41) is 7.99. The van der Waals surface area contributed by atoms with Crippen LogP contribution in [0, 0.1) is 5.92 Å². The monoisotopic (exact) mass is 294 g/mol. The van der Waals surface area contributed by atoms with Crippen molar-refractivity contribution in [3.63, 3.8) is 0 Å². The highest BCUT2D eigenvalue weighted by atomic mass is 16.5. The van der Waals surface area contributed by atoms with E-state index in [0.29, 0.717) is 12.2 Å². The molecular weight excluding hydrogens is 268 g/mol. The van der Waals surface area contributed by atoms with Crippen LogP contribution in [0.25, 0.3) is 0 Å². The maximum Gasteiger partial charge on any atom is 0.338 e. The second kappa shape index (κ2) is 11.9. The first-order valence-corrected chi connectivity index (χ1v) is 7.44. The van der Waals surface area contributed by atoms with Crippen molar-refractivity contribution < 1.29 is 19.4 Å². The van der Waals surface area contributed by atoms with Crippen molar-refractivity contribution in [1.29, 1.82) is 0 Å². The molecule has 0 saturated carbocycles. The molecule has 4 nitrogen and oxygen atoms in total. The molecule has 0 unspecified atom stereocenters. The summed E-state index contributed by atoms with van der Waals surface area (Å²) in [5.74, 6) is -1.19. The van der Waals surface area contributed by atoms with Crippen LogP contribution in [0.4, 0.5) is 0 Å². The average molecular weight is 294 g/mol. The van der Waals surface area contributed by atoms with Crippen LogP contribution in [0.2, 0.25) is 0 Å². The van der Waals surface area contributed by atoms with Crippen molar-refractivity contribution in [3.8, 4) is 0 Å². The van der Waals surface area contributed by atoms with Crippen molar-refractivity contribution in [3.05, 3.63) is 35.9 Å². The van der Waals surface area contributed by atoms with Crippen LogP contribution in [0.3, 0.4) is 0 Å². The lowest BCUT2D eigenvalue weighted by Crippen LogP contribution is -2.06. The lowest BCUT2D eigenvalue weighted by atomic mass is 10.2. The Hall–Kier alpha value is -1.84. The number of carbonyl (C=O) groups excluding carboxylic acids is 1. The molecule has 118 valence electrons. The van der Waals surface area contributed by atoms with Gasteiger partial charge in [-0.3, -0.25) is 4.79 Å². The van der Waals surface area contributed by atoms with Crippen LogP contribution in [0.15, 0.2) is 30.3 Å². The minimum atomic E-state index is -0.741. The fourth-order valence-corrected chi connectivity index (χ4v) is 1.35. The average Bonchev–Trinajstić information content (AvgIpc) is 2.48. The van der Waals surface area contributed by atoms with E-state index in [-0.39, 0.29) is 11.9 Å². The molecule has 0 atom stereocenters. The number of unbranched alkanes of at least 4 members (excludes halogenated alkanes) is 3. The highest BCUT2D eigenvalue weighted by Gasteiger charge is 2.04. The fourth-order valence-electron chi connectivity index (χ4n) is 1.35. The van der Waals surface area contributed by atoms with Crippen LogP contribution in [-0.4, -0.2) is 23.7 Å². The Morgan fingerprint density at radius 3 is 2.14 bits per heavy atom. The number of hydrogen-bond donors (Lipinski definition) is 1. The van der Waals surface area contributed by atoms with Gasteiger partial charge in [0.1, 0.15) is 0 Å². The standard InChI is InChI=1S/C13H18O2.C4H8O2/c1-2-3-4-8-11-15-13(14)12-9-6-5-7-10-12;1-3(2)4(5)6/h5-7,9-10H,2-4,8,11H2,1H3;3H,1-2H3,(H,5,6). The van der Waals surface area contributed by atoms with Gasteiger partial charge < -0.3 is 9.84 Å². The first kappa shape index (κ1) is 19.2. The third kappa shape index (κ3) is 10.6. The van der Waals surface area contributed by atoms with Gasteiger partial charge in [0.2, 0.25) is 0 Å². The molecule has 1 N–H and O–H groups in total. The van der Waals surface area contributed by atoms with Crippen LogP contribution in [-0.2, 0) is 9.53 Å². The van der Waals surface area contributed by atoms with Gasteiger partial charge in [0.25, 0.3) is 0 Å². The number of rotatable bonds is 7. The molecule has 0 spiro atoms. The minimum absolute atomic E-state index is 0.216. The lowest BCUT2D eigenvalue weighted by molar-refractivity contribution is -0.140. The van der Waals surface area contributed by atoms with E-state index >= 15 is 0 Å². The highest BCUT2D eigenvalue weighted by Crippen LogP contribution is 2.03. The quantitative estimate of drug-likeness (QED) is 0.606. The van der Waals surface area contributed by atoms with Gasteiger partial charge in [0.05, 0.1) is 18.1 Å². The summed E-state index contributed by atoms with van der Waals surface area (Å²) in [6, 6.07) is 9.11. The summed E-state index contributed by atoms with van der Waals surface area (Å²) in [4.78, 5) is 21.2. The Morgan fingerprint density at radius 2 is 1.67 bits per heavy atom. The highest BCUT2D eigenvalue weighted by molar-refractivity contribution is 5.89. The first-order chi connectivity index (χ1) is 9.99. The maximum atomic E-state index is 11.5. The Bertz CT molecular complexity index is 399. The molecule has 1 aromatic carbocycles. The first-order valence-electron chi connectivity index (χ1n) is 7.44. The summed E-state index contributed by atoms with van der Waals surface area (Å²) in [5.41, 5.74) is 0.632. The third-order valence-corrected chi connectivity index (χ3v) is 2.73. The number of carboxylic acids is 1. The number of carbonyl (C=O) groups is 2. The summed E-state index contributed by atoms with van der Waals surface area (Å²) in [7, 11) is 0. The number of hydrogen-bond acceptors (Lipinski definition) is 3. The Morgan fingerprint density at radius 1 is 1.10 bits per heavy atom. The smallest absolute Gasteiger partial charge is 0.338 e. The molecule has 1 rings (SSSR count). The molecule has 0 saturated heterocycles. The van der Waals surface area contributed by atoms with Crippen LogP contribution < -0.4 is 0 Å². The number of ether oxygens (including phenoxy) is 1. The predicted octanol–water partition coefficient (Wildman–Crippen LogP) is 4.15. The summed E-state index contributed by atoms with van der Waals surface area (Å²) < 4.78 is 5.14. The predicted molar refractivity (Wildman–Crippen MR) is 83.3 cm³/mol. The third-order valence-electron chi connectivity index (χ3n) is 2.73. The molecule has 4 heteroatoms. The zero-order valence-corrected chi connectivity index (χ0v) is 13.2. The zero-order chi connectivity index (χ0) is 16.1. The van der Waals surface area contributed by atoms with E-state index in [2.05, 4.69) is 6.92 Å². The zero-order valence-electron chi connectivity index (χ0n) is 13.2. The number of aliphatic carboxylic acids is 1. The SMILES string of the molecule is CC(C)C(=O)O.CCCCCCOC(=O)c1ccccc1. The molecule has 0 bridgehead atoms. The normalized spacial score (nSPS) is 9.71. The Labute approximate surface area is 127 Å². The van der Waals surface area contributed by atoms with Crippen molar-refractivity contribution in [2.45, 2.75) is 46.5 Å². The lowest BCUT2D eigenvalue weighted by Gasteiger charge is -2.03. The van der Waals surface area contributed by atoms with Crippen LogP contribution in [0.1, 0.15) is 56.8 Å². The maximum absolute atomic E-state index is 11.5. The van der Waals surface area contributed by atoms with E-state index in [1.807, 2.05) is 18.2 Å². The van der Waals surface area contributed by atoms with E-state index in [1.54, 1.807) is 26.0 Å². The van der Waals surface area contributed by atoms with Crippen molar-refractivity contribution in [2.24, 2.45) is 5.92 Å². The topological polar surface area (TPSA) is 63.6 Å². The van der Waals surface area contributed by atoms with Crippen LogP contribution >= 0.6 is 0 Å². The van der Waals surface area contributed by atoms with Gasteiger partial charge in [-0.25, -0.2) is 4.79 Å². The molecule has 21 heavy (non-hydrogen) atoms. The van der Waals surface area contributed by atoms with Gasteiger partial charge in [-0.05, 0) is 18.6 Å². The van der Waals surface area contributed by atoms with E-state index in [0.717, 1.165) is 12.8 Å². The second-order valence-electron chi connectivity index (χ2n) is 5.06. The number of carboxylic acid groups (broad SMARTS) is 1. The van der Waals surface area contributed by atoms with E-state index in [1.165, 1.54) is 12.8 Å². The van der Waals surface area contributed by atoms with E-state index in [9.17, 15) is 9.59 Å². The molecule has 0 amide bonds. The van der Waals surface area contributed by atoms with Crippen molar-refractivity contribution >= 4 is 11.9 Å². The van der Waals surface area contributed by atoms with Crippen molar-refractivity contribution in [2.75, 3.05) is 6.61 Å².